The fraction of sp³-hybridized carbons (Fsp3) is 0.900. The Hall–Kier alpha value is -0.900. The summed E-state index contributed by atoms with van der Waals surface area (Å²) in [6.45, 7) is 4.91. The molecule has 8 nitrogen and oxygen atoms in total. The number of aliphatic hydroxyl groups is 2. The molecule has 1 aliphatic heterocycles. The zero-order valence-electron chi connectivity index (χ0n) is 11.4. The van der Waals surface area contributed by atoms with Crippen molar-refractivity contribution in [3.63, 3.8) is 0 Å². The Morgan fingerprint density at radius 3 is 2.42 bits per heavy atom. The van der Waals surface area contributed by atoms with Gasteiger partial charge in [0.25, 0.3) is 0 Å². The van der Waals surface area contributed by atoms with Crippen LogP contribution >= 0.6 is 0 Å². The average Bonchev–Trinajstić information content (AvgIpc) is 2.38. The van der Waals surface area contributed by atoms with Gasteiger partial charge in [-0.1, -0.05) is 0 Å². The highest BCUT2D eigenvalue weighted by molar-refractivity contribution is 7.90. The average molecular weight is 294 g/mol. The lowest BCUT2D eigenvalue weighted by atomic mass is 10.0. The first kappa shape index (κ1) is 16.2. The predicted octanol–water partition coefficient (Wildman–Crippen LogP) is -1.77. The maximum atomic E-state index is 11.7. The molecule has 0 bridgehead atoms. The summed E-state index contributed by atoms with van der Waals surface area (Å²) in [7, 11) is -3.42. The molecule has 0 radical (unpaired) electrons. The molecule has 0 fully saturated rings. The van der Waals surface area contributed by atoms with E-state index in [2.05, 4.69) is 15.0 Å². The van der Waals surface area contributed by atoms with E-state index < -0.39 is 20.8 Å². The van der Waals surface area contributed by atoms with Crippen molar-refractivity contribution in [3.8, 4) is 0 Å². The van der Waals surface area contributed by atoms with Crippen molar-refractivity contribution in [3.05, 3.63) is 0 Å². The molecular formula is C10H22N4O4S. The molecule has 0 aliphatic carbocycles. The van der Waals surface area contributed by atoms with Crippen LogP contribution in [0, 0.1) is 0 Å². The van der Waals surface area contributed by atoms with Crippen LogP contribution in [0.1, 0.15) is 20.8 Å². The lowest BCUT2D eigenvalue weighted by Crippen LogP contribution is -2.60. The van der Waals surface area contributed by atoms with Gasteiger partial charge in [-0.3, -0.25) is 9.62 Å². The van der Waals surface area contributed by atoms with Crippen LogP contribution < -0.4 is 10.0 Å². The van der Waals surface area contributed by atoms with E-state index in [0.717, 1.165) is 0 Å². The molecule has 1 rings (SSSR count). The summed E-state index contributed by atoms with van der Waals surface area (Å²) >= 11 is 0. The minimum Gasteiger partial charge on any atom is -0.394 e. The Morgan fingerprint density at radius 2 is 2.05 bits per heavy atom. The number of hydrogen-bond donors (Lipinski definition) is 4. The summed E-state index contributed by atoms with van der Waals surface area (Å²) in [4.78, 5) is 5.78. The van der Waals surface area contributed by atoms with Gasteiger partial charge in [-0.15, -0.1) is 0 Å². The summed E-state index contributed by atoms with van der Waals surface area (Å²) in [5.74, 6) is 0.183. The molecule has 0 atom stereocenters. The van der Waals surface area contributed by atoms with Gasteiger partial charge in [0, 0.05) is 0 Å². The molecule has 0 spiro atoms. The van der Waals surface area contributed by atoms with Crippen molar-refractivity contribution in [1.82, 2.24) is 14.9 Å². The van der Waals surface area contributed by atoms with E-state index in [4.69, 9.17) is 0 Å². The highest BCUT2D eigenvalue weighted by Crippen LogP contribution is 2.14. The molecular weight excluding hydrogens is 272 g/mol. The van der Waals surface area contributed by atoms with Crippen LogP contribution in [0.4, 0.5) is 0 Å². The first-order chi connectivity index (χ1) is 8.75. The van der Waals surface area contributed by atoms with Crippen molar-refractivity contribution in [1.29, 1.82) is 0 Å². The summed E-state index contributed by atoms with van der Waals surface area (Å²) < 4.78 is 25.7. The summed E-state index contributed by atoms with van der Waals surface area (Å²) in [5.41, 5.74) is -0.793. The van der Waals surface area contributed by atoms with Crippen molar-refractivity contribution < 1.29 is 18.6 Å². The Labute approximate surface area is 113 Å². The molecule has 0 amide bonds. The summed E-state index contributed by atoms with van der Waals surface area (Å²) in [6.07, 6.45) is 0. The number of sulfonamides is 1. The van der Waals surface area contributed by atoms with Crippen LogP contribution in [0.2, 0.25) is 0 Å². The van der Waals surface area contributed by atoms with E-state index in [9.17, 15) is 18.6 Å². The number of nitrogens with one attached hydrogen (secondary N) is 2. The fourth-order valence-electron chi connectivity index (χ4n) is 1.36. The predicted molar refractivity (Wildman–Crippen MR) is 71.9 cm³/mol. The second-order valence-electron chi connectivity index (χ2n) is 5.03. The van der Waals surface area contributed by atoms with Crippen LogP contribution in [0.3, 0.4) is 0 Å². The molecule has 0 aromatic carbocycles. The van der Waals surface area contributed by atoms with E-state index >= 15 is 0 Å². The maximum absolute atomic E-state index is 11.7. The van der Waals surface area contributed by atoms with Crippen LogP contribution in [0.15, 0.2) is 4.99 Å². The van der Waals surface area contributed by atoms with E-state index in [1.165, 1.54) is 0 Å². The highest BCUT2D eigenvalue weighted by Gasteiger charge is 2.32. The zero-order valence-corrected chi connectivity index (χ0v) is 12.2. The minimum atomic E-state index is -3.42. The molecule has 112 valence electrons. The second kappa shape index (κ2) is 6.04. The fourth-order valence-corrected chi connectivity index (χ4v) is 2.01. The summed E-state index contributed by atoms with van der Waals surface area (Å²) in [6, 6.07) is 0. The zero-order chi connectivity index (χ0) is 14.7. The Kier molecular flexibility index (Phi) is 5.13. The van der Waals surface area contributed by atoms with Crippen LogP contribution in [-0.2, 0) is 10.0 Å². The maximum Gasteiger partial charge on any atom is 0.237 e. The topological polar surface area (TPSA) is 114 Å². The molecule has 0 saturated carbocycles. The van der Waals surface area contributed by atoms with Gasteiger partial charge < -0.3 is 15.5 Å². The number of aliphatic imine (C=N–C) groups is 1. The molecule has 9 heteroatoms. The number of nitrogens with zero attached hydrogens (tertiary/aromatic N) is 2. The number of aliphatic hydroxyl groups excluding tert-OH is 2. The lowest BCUT2D eigenvalue weighted by molar-refractivity contribution is -0.00377. The number of rotatable bonds is 5. The van der Waals surface area contributed by atoms with Gasteiger partial charge in [0.1, 0.15) is 0 Å². The SMILES string of the molecule is CC(C)S(=O)(=O)NC1=NCN(C(C)(CO)CO)CN1. The molecule has 0 aromatic heterocycles. The smallest absolute Gasteiger partial charge is 0.237 e. The normalized spacial score (nSPS) is 18.1. The van der Waals surface area contributed by atoms with E-state index in [1.54, 1.807) is 25.7 Å². The number of guanidine groups is 1. The van der Waals surface area contributed by atoms with Crippen molar-refractivity contribution >= 4 is 16.0 Å². The molecule has 0 saturated heterocycles. The molecule has 1 aliphatic rings. The molecule has 1 heterocycles. The van der Waals surface area contributed by atoms with Gasteiger partial charge in [-0.25, -0.2) is 13.4 Å². The first-order valence-corrected chi connectivity index (χ1v) is 7.56. The van der Waals surface area contributed by atoms with Gasteiger partial charge in [0.2, 0.25) is 16.0 Å². The van der Waals surface area contributed by atoms with Crippen molar-refractivity contribution in [2.45, 2.75) is 31.6 Å². The minimum absolute atomic E-state index is 0.183. The van der Waals surface area contributed by atoms with Crippen molar-refractivity contribution in [2.24, 2.45) is 4.99 Å². The van der Waals surface area contributed by atoms with Gasteiger partial charge in [0.05, 0.1) is 37.3 Å². The first-order valence-electron chi connectivity index (χ1n) is 6.02. The third-order valence-corrected chi connectivity index (χ3v) is 4.86. The van der Waals surface area contributed by atoms with Crippen LogP contribution in [0.25, 0.3) is 0 Å². The number of hydrogen-bond acceptors (Lipinski definition) is 7. The Bertz CT molecular complexity index is 431. The van der Waals surface area contributed by atoms with E-state index in [1.807, 2.05) is 0 Å². The third kappa shape index (κ3) is 3.78. The Morgan fingerprint density at radius 1 is 1.47 bits per heavy atom. The quantitative estimate of drug-likeness (QED) is 0.477. The molecule has 4 N–H and O–H groups in total. The lowest BCUT2D eigenvalue weighted by Gasteiger charge is -2.39. The van der Waals surface area contributed by atoms with E-state index in [0.29, 0.717) is 0 Å². The van der Waals surface area contributed by atoms with E-state index in [-0.39, 0.29) is 32.5 Å². The monoisotopic (exact) mass is 294 g/mol. The van der Waals surface area contributed by atoms with Crippen LogP contribution in [0.5, 0.6) is 0 Å². The molecule has 19 heavy (non-hydrogen) atoms. The van der Waals surface area contributed by atoms with Gasteiger partial charge in [-0.05, 0) is 20.8 Å². The summed E-state index contributed by atoms with van der Waals surface area (Å²) in [5, 5.41) is 20.8. The van der Waals surface area contributed by atoms with Gasteiger partial charge in [-0.2, -0.15) is 0 Å². The highest BCUT2D eigenvalue weighted by atomic mass is 32.2. The van der Waals surface area contributed by atoms with Gasteiger partial charge in [0.15, 0.2) is 0 Å². The second-order valence-corrected chi connectivity index (χ2v) is 7.27. The van der Waals surface area contributed by atoms with Crippen LogP contribution in [-0.4, -0.2) is 66.8 Å². The third-order valence-electron chi connectivity index (χ3n) is 3.14. The molecule has 0 unspecified atom stereocenters. The van der Waals surface area contributed by atoms with Crippen molar-refractivity contribution in [2.75, 3.05) is 26.6 Å². The standard InChI is InChI=1S/C10H22N4O4S/c1-8(2)19(17,18)13-9-11-6-14(7-12-9)10(3,4-15)5-16/h8,15-16H,4-7H2,1-3H3,(H2,11,12,13). The Balaban J connectivity index is 2.70. The largest absolute Gasteiger partial charge is 0.394 e. The molecule has 0 aromatic rings. The van der Waals surface area contributed by atoms with Gasteiger partial charge >= 0.3 is 0 Å².